The van der Waals surface area contributed by atoms with Crippen LogP contribution in [0.3, 0.4) is 0 Å². The van der Waals surface area contributed by atoms with Crippen molar-refractivity contribution in [2.75, 3.05) is 19.0 Å². The van der Waals surface area contributed by atoms with E-state index in [0.717, 1.165) is 11.1 Å². The van der Waals surface area contributed by atoms with Crippen LogP contribution in [0.5, 0.6) is 5.75 Å². The molecular weight excluding hydrogens is 478 g/mol. The van der Waals surface area contributed by atoms with Crippen molar-refractivity contribution in [3.8, 4) is 17.0 Å². The van der Waals surface area contributed by atoms with Crippen molar-refractivity contribution in [3.63, 3.8) is 0 Å². The van der Waals surface area contributed by atoms with Gasteiger partial charge in [-0.2, -0.15) is 0 Å². The van der Waals surface area contributed by atoms with Crippen molar-refractivity contribution in [1.29, 1.82) is 0 Å². The fourth-order valence-corrected chi connectivity index (χ4v) is 4.03. The zero-order valence-electron chi connectivity index (χ0n) is 19.8. The smallest absolute Gasteiger partial charge is 0.326 e. The van der Waals surface area contributed by atoms with Crippen LogP contribution in [-0.4, -0.2) is 29.2 Å². The molecule has 184 valence electrons. The number of anilines is 1. The van der Waals surface area contributed by atoms with Crippen LogP contribution >= 0.6 is 11.6 Å². The molecule has 0 radical (unpaired) electrons. The van der Waals surface area contributed by atoms with E-state index in [1.54, 1.807) is 31.4 Å². The summed E-state index contributed by atoms with van der Waals surface area (Å²) in [5.74, 6) is 0.0836. The summed E-state index contributed by atoms with van der Waals surface area (Å²) in [6.07, 6.45) is 0.691. The summed E-state index contributed by atoms with van der Waals surface area (Å²) in [5.41, 5.74) is 2.40. The maximum absolute atomic E-state index is 13.5. The number of hydrogen-bond donors (Lipinski definition) is 1. The van der Waals surface area contributed by atoms with Gasteiger partial charge in [-0.05, 0) is 29.7 Å². The van der Waals surface area contributed by atoms with Gasteiger partial charge < -0.3 is 14.8 Å². The second-order valence-corrected chi connectivity index (χ2v) is 8.39. The van der Waals surface area contributed by atoms with Gasteiger partial charge in [-0.1, -0.05) is 84.4 Å². The van der Waals surface area contributed by atoms with Gasteiger partial charge in [-0.3, -0.25) is 14.2 Å². The minimum Gasteiger partial charge on any atom is -0.497 e. The maximum atomic E-state index is 13.5. The first-order valence-electron chi connectivity index (χ1n) is 11.5. The molecule has 0 bridgehead atoms. The van der Waals surface area contributed by atoms with E-state index in [9.17, 15) is 9.59 Å². The van der Waals surface area contributed by atoms with Crippen molar-refractivity contribution in [1.82, 2.24) is 9.55 Å². The Morgan fingerprint density at radius 3 is 2.36 bits per heavy atom. The number of carbonyl (C=O) groups is 1. The minimum absolute atomic E-state index is 0.0680. The molecule has 7 nitrogen and oxygen atoms in total. The number of benzene rings is 3. The summed E-state index contributed by atoms with van der Waals surface area (Å²) in [5, 5.41) is 3.15. The molecule has 0 saturated carbocycles. The number of esters is 1. The Labute approximate surface area is 214 Å². The molecule has 1 N–H and O–H groups in total. The van der Waals surface area contributed by atoms with Gasteiger partial charge in [0.05, 0.1) is 12.8 Å². The average Bonchev–Trinajstić information content (AvgIpc) is 2.91. The highest BCUT2D eigenvalue weighted by molar-refractivity contribution is 6.32. The van der Waals surface area contributed by atoms with Gasteiger partial charge >= 0.3 is 5.97 Å². The number of ether oxygens (including phenoxy) is 2. The Hall–Kier alpha value is -4.10. The molecule has 36 heavy (non-hydrogen) atoms. The largest absolute Gasteiger partial charge is 0.497 e. The van der Waals surface area contributed by atoms with Crippen LogP contribution in [0.25, 0.3) is 11.3 Å². The number of hydrogen-bond acceptors (Lipinski definition) is 6. The number of nitrogens with one attached hydrogen (secondary N) is 1. The van der Waals surface area contributed by atoms with Crippen molar-refractivity contribution in [2.24, 2.45) is 0 Å². The van der Waals surface area contributed by atoms with Crippen LogP contribution in [-0.2, 0) is 29.1 Å². The Morgan fingerprint density at radius 2 is 1.67 bits per heavy atom. The van der Waals surface area contributed by atoms with Crippen molar-refractivity contribution >= 4 is 23.4 Å². The molecule has 4 aromatic rings. The highest BCUT2D eigenvalue weighted by atomic mass is 35.5. The van der Waals surface area contributed by atoms with E-state index in [1.165, 1.54) is 4.57 Å². The number of carbonyl (C=O) groups excluding carboxylic acids is 1. The lowest BCUT2D eigenvalue weighted by atomic mass is 10.1. The van der Waals surface area contributed by atoms with E-state index < -0.39 is 11.5 Å². The molecule has 0 fully saturated rings. The second-order valence-electron chi connectivity index (χ2n) is 8.03. The lowest BCUT2D eigenvalue weighted by Crippen LogP contribution is -2.30. The van der Waals surface area contributed by atoms with Gasteiger partial charge in [0.15, 0.2) is 11.0 Å². The van der Waals surface area contributed by atoms with E-state index in [1.807, 2.05) is 60.7 Å². The summed E-state index contributed by atoms with van der Waals surface area (Å²) >= 11 is 6.59. The Balaban J connectivity index is 1.62. The first-order valence-corrected chi connectivity index (χ1v) is 11.8. The van der Waals surface area contributed by atoms with E-state index in [-0.39, 0.29) is 24.1 Å². The van der Waals surface area contributed by atoms with Gasteiger partial charge in [0.25, 0.3) is 5.56 Å². The zero-order valence-corrected chi connectivity index (χ0v) is 20.6. The Bertz CT molecular complexity index is 1370. The van der Waals surface area contributed by atoms with Crippen LogP contribution < -0.4 is 15.6 Å². The lowest BCUT2D eigenvalue weighted by Gasteiger charge is -2.17. The van der Waals surface area contributed by atoms with Crippen LogP contribution in [0, 0.1) is 0 Å². The molecule has 0 unspecified atom stereocenters. The topological polar surface area (TPSA) is 82.5 Å². The number of aromatic nitrogens is 2. The zero-order chi connectivity index (χ0) is 25.3. The van der Waals surface area contributed by atoms with Crippen LogP contribution in [0.1, 0.15) is 11.1 Å². The van der Waals surface area contributed by atoms with E-state index in [4.69, 9.17) is 21.1 Å². The SMILES string of the molecule is COc1cccc(-c2c(Cl)nc(NCCc3ccccc3)c(=O)n2CC(=O)OCc2ccccc2)c1. The molecular formula is C28H26ClN3O4. The number of methoxy groups -OCH3 is 1. The number of nitrogens with zero attached hydrogens (tertiary/aromatic N) is 2. The molecule has 8 heteroatoms. The van der Waals surface area contributed by atoms with Crippen LogP contribution in [0.4, 0.5) is 5.82 Å². The monoisotopic (exact) mass is 503 g/mol. The van der Waals surface area contributed by atoms with Gasteiger partial charge in [-0.25, -0.2) is 4.98 Å². The van der Waals surface area contributed by atoms with Gasteiger partial charge in [-0.15, -0.1) is 0 Å². The first-order chi connectivity index (χ1) is 17.5. The van der Waals surface area contributed by atoms with Crippen LogP contribution in [0.15, 0.2) is 89.7 Å². The summed E-state index contributed by atoms with van der Waals surface area (Å²) in [4.78, 5) is 30.6. The number of rotatable bonds is 10. The molecule has 1 heterocycles. The van der Waals surface area contributed by atoms with Crippen molar-refractivity contribution < 1.29 is 14.3 Å². The summed E-state index contributed by atoms with van der Waals surface area (Å²) in [6.45, 7) is 0.247. The van der Waals surface area contributed by atoms with Crippen LogP contribution in [0.2, 0.25) is 5.15 Å². The standard InChI is InChI=1S/C28H26ClN3O4/c1-35-23-14-8-13-22(17-23)25-26(29)31-27(30-16-15-20-9-4-2-5-10-20)28(34)32(25)18-24(33)36-19-21-11-6-3-7-12-21/h2-14,17H,15-16,18-19H2,1H3,(H,30,31). The maximum Gasteiger partial charge on any atom is 0.326 e. The predicted molar refractivity (Wildman–Crippen MR) is 140 cm³/mol. The molecule has 0 atom stereocenters. The van der Waals surface area contributed by atoms with E-state index in [0.29, 0.717) is 30.0 Å². The number of halogens is 1. The second kappa shape index (κ2) is 12.0. The molecule has 0 aliphatic carbocycles. The Kier molecular flexibility index (Phi) is 8.36. The summed E-state index contributed by atoms with van der Waals surface area (Å²) < 4.78 is 12.0. The molecule has 1 aromatic heterocycles. The van der Waals surface area contributed by atoms with Crippen molar-refractivity contribution in [2.45, 2.75) is 19.6 Å². The fourth-order valence-electron chi connectivity index (χ4n) is 3.73. The fraction of sp³-hybridized carbons (Fsp3) is 0.179. The molecule has 0 amide bonds. The van der Waals surface area contributed by atoms with Crippen molar-refractivity contribution in [3.05, 3.63) is 112 Å². The highest BCUT2D eigenvalue weighted by Crippen LogP contribution is 2.29. The van der Waals surface area contributed by atoms with E-state index in [2.05, 4.69) is 10.3 Å². The van der Waals surface area contributed by atoms with Gasteiger partial charge in [0.1, 0.15) is 18.9 Å². The molecule has 0 saturated heterocycles. The normalized spacial score (nSPS) is 10.6. The Morgan fingerprint density at radius 1 is 0.972 bits per heavy atom. The highest BCUT2D eigenvalue weighted by Gasteiger charge is 2.20. The average molecular weight is 504 g/mol. The predicted octanol–water partition coefficient (Wildman–Crippen LogP) is 4.97. The molecule has 3 aromatic carbocycles. The minimum atomic E-state index is -0.567. The lowest BCUT2D eigenvalue weighted by molar-refractivity contribution is -0.145. The summed E-state index contributed by atoms with van der Waals surface area (Å²) in [7, 11) is 1.55. The molecule has 0 aliphatic heterocycles. The first kappa shape index (κ1) is 25.0. The summed E-state index contributed by atoms with van der Waals surface area (Å²) in [6, 6.07) is 26.3. The third-order valence-electron chi connectivity index (χ3n) is 5.54. The van der Waals surface area contributed by atoms with Gasteiger partial charge in [0.2, 0.25) is 0 Å². The quantitative estimate of drug-likeness (QED) is 0.308. The molecule has 0 spiro atoms. The third kappa shape index (κ3) is 6.31. The molecule has 0 aliphatic rings. The van der Waals surface area contributed by atoms with Gasteiger partial charge in [0, 0.05) is 12.1 Å². The third-order valence-corrected chi connectivity index (χ3v) is 5.81. The van der Waals surface area contributed by atoms with E-state index >= 15 is 0 Å². The molecule has 4 rings (SSSR count).